The van der Waals surface area contributed by atoms with Crippen LogP contribution in [-0.2, 0) is 19.4 Å². The second-order valence-electron chi connectivity index (χ2n) is 5.95. The highest BCUT2D eigenvalue weighted by atomic mass is 32.2. The third-order valence-corrected chi connectivity index (χ3v) is 5.35. The van der Waals surface area contributed by atoms with Gasteiger partial charge in [-0.15, -0.1) is 0 Å². The Balaban J connectivity index is 1.74. The molecule has 1 heterocycles. The molecule has 3 rings (SSSR count). The molecule has 27 heavy (non-hydrogen) atoms. The fourth-order valence-electron chi connectivity index (χ4n) is 2.71. The van der Waals surface area contributed by atoms with Crippen LogP contribution in [0.15, 0.2) is 66.1 Å². The van der Waals surface area contributed by atoms with Crippen LogP contribution in [0.4, 0.5) is 5.69 Å². The first-order chi connectivity index (χ1) is 12.9. The molecule has 0 bridgehead atoms. The first kappa shape index (κ1) is 18.7. The minimum absolute atomic E-state index is 0.00658. The standard InChI is InChI=1S/C19H17NO6S/c21-17-8-6-14(7-9-17)19(23)26-12-18(22)20(15-4-2-1-3-5-15)16-10-11-27(24,25)13-16/h1-11,16,21H,12-13H2/t16-/m1/s1. The number of sulfone groups is 1. The third kappa shape index (κ3) is 4.53. The first-order valence-electron chi connectivity index (χ1n) is 8.10. The summed E-state index contributed by atoms with van der Waals surface area (Å²) in [7, 11) is -3.37. The molecule has 0 spiro atoms. The van der Waals surface area contributed by atoms with Crippen LogP contribution in [-0.4, -0.2) is 43.8 Å². The molecule has 0 radical (unpaired) electrons. The number of nitrogens with zero attached hydrogens (tertiary/aromatic N) is 1. The van der Waals surface area contributed by atoms with E-state index in [4.69, 9.17) is 4.74 Å². The van der Waals surface area contributed by atoms with E-state index >= 15 is 0 Å². The number of aromatic hydroxyl groups is 1. The van der Waals surface area contributed by atoms with Gasteiger partial charge in [0.25, 0.3) is 5.91 Å². The molecule has 7 nitrogen and oxygen atoms in total. The number of phenols is 1. The van der Waals surface area contributed by atoms with Gasteiger partial charge in [-0.05, 0) is 42.5 Å². The van der Waals surface area contributed by atoms with E-state index in [1.165, 1.54) is 35.2 Å². The van der Waals surface area contributed by atoms with Crippen LogP contribution in [0.1, 0.15) is 10.4 Å². The molecular formula is C19H17NO6S. The number of anilines is 1. The highest BCUT2D eigenvalue weighted by Gasteiger charge is 2.31. The summed E-state index contributed by atoms with van der Waals surface area (Å²) in [6, 6.07) is 13.3. The van der Waals surface area contributed by atoms with Crippen molar-refractivity contribution in [2.75, 3.05) is 17.3 Å². The number of amides is 1. The molecule has 0 unspecified atom stereocenters. The quantitative estimate of drug-likeness (QED) is 0.787. The lowest BCUT2D eigenvalue weighted by Gasteiger charge is -2.27. The lowest BCUT2D eigenvalue weighted by Crippen LogP contribution is -2.43. The second-order valence-corrected chi connectivity index (χ2v) is 7.88. The maximum absolute atomic E-state index is 12.7. The smallest absolute Gasteiger partial charge is 0.338 e. The number of benzene rings is 2. The van der Waals surface area contributed by atoms with E-state index in [1.807, 2.05) is 0 Å². The number of hydrogen-bond acceptors (Lipinski definition) is 6. The van der Waals surface area contributed by atoms with Gasteiger partial charge in [0.2, 0.25) is 0 Å². The van der Waals surface area contributed by atoms with E-state index < -0.39 is 34.4 Å². The zero-order chi connectivity index (χ0) is 19.4. The summed E-state index contributed by atoms with van der Waals surface area (Å²) < 4.78 is 28.6. The molecule has 2 aromatic carbocycles. The SMILES string of the molecule is O=C(OCC(=O)N(c1ccccc1)[C@@H]1C=CS(=O)(=O)C1)c1ccc(O)cc1. The largest absolute Gasteiger partial charge is 0.508 e. The Morgan fingerprint density at radius 2 is 1.74 bits per heavy atom. The van der Waals surface area contributed by atoms with Crippen LogP contribution in [0, 0.1) is 0 Å². The van der Waals surface area contributed by atoms with E-state index in [1.54, 1.807) is 30.3 Å². The Hall–Kier alpha value is -3.13. The minimum Gasteiger partial charge on any atom is -0.508 e. The summed E-state index contributed by atoms with van der Waals surface area (Å²) in [5.41, 5.74) is 0.699. The minimum atomic E-state index is -3.37. The first-order valence-corrected chi connectivity index (χ1v) is 9.81. The van der Waals surface area contributed by atoms with Crippen LogP contribution in [0.25, 0.3) is 0 Å². The number of esters is 1. The van der Waals surface area contributed by atoms with Crippen LogP contribution < -0.4 is 4.90 Å². The highest BCUT2D eigenvalue weighted by molar-refractivity contribution is 7.94. The normalized spacial score (nSPS) is 17.4. The van der Waals surface area contributed by atoms with Gasteiger partial charge in [0.15, 0.2) is 16.4 Å². The van der Waals surface area contributed by atoms with Crippen LogP contribution in [0.5, 0.6) is 5.75 Å². The summed E-state index contributed by atoms with van der Waals surface area (Å²) >= 11 is 0. The average Bonchev–Trinajstić information content (AvgIpc) is 3.00. The number of hydrogen-bond donors (Lipinski definition) is 1. The molecule has 140 valence electrons. The Morgan fingerprint density at radius 1 is 1.07 bits per heavy atom. The van der Waals surface area contributed by atoms with E-state index in [0.717, 1.165) is 5.41 Å². The topological polar surface area (TPSA) is 101 Å². The Bertz CT molecular complexity index is 967. The van der Waals surface area contributed by atoms with Crippen LogP contribution in [0.3, 0.4) is 0 Å². The van der Waals surface area contributed by atoms with Gasteiger partial charge in [-0.1, -0.05) is 18.2 Å². The maximum atomic E-state index is 12.7. The molecule has 0 aliphatic carbocycles. The fraction of sp³-hybridized carbons (Fsp3) is 0.158. The number of carbonyl (C=O) groups is 2. The van der Waals surface area contributed by atoms with Crippen molar-refractivity contribution in [1.82, 2.24) is 0 Å². The molecule has 1 amide bonds. The van der Waals surface area contributed by atoms with E-state index in [2.05, 4.69) is 0 Å². The van der Waals surface area contributed by atoms with Gasteiger partial charge >= 0.3 is 5.97 Å². The van der Waals surface area contributed by atoms with Crippen molar-refractivity contribution in [3.8, 4) is 5.75 Å². The van der Waals surface area contributed by atoms with Crippen molar-refractivity contribution in [2.45, 2.75) is 6.04 Å². The van der Waals surface area contributed by atoms with Gasteiger partial charge in [0.05, 0.1) is 17.4 Å². The number of rotatable bonds is 5. The number of ether oxygens (including phenoxy) is 1. The average molecular weight is 387 g/mol. The lowest BCUT2D eigenvalue weighted by atomic mass is 10.2. The van der Waals surface area contributed by atoms with E-state index in [9.17, 15) is 23.1 Å². The predicted molar refractivity (Wildman–Crippen MR) is 99.0 cm³/mol. The fourth-order valence-corrected chi connectivity index (χ4v) is 3.97. The van der Waals surface area contributed by atoms with Gasteiger partial charge in [0.1, 0.15) is 5.75 Å². The molecule has 1 N–H and O–H groups in total. The lowest BCUT2D eigenvalue weighted by molar-refractivity contribution is -0.121. The van der Waals surface area contributed by atoms with Gasteiger partial charge < -0.3 is 14.7 Å². The summed E-state index contributed by atoms with van der Waals surface area (Å²) in [6.45, 7) is -0.543. The summed E-state index contributed by atoms with van der Waals surface area (Å²) in [4.78, 5) is 26.1. The summed E-state index contributed by atoms with van der Waals surface area (Å²) in [6.07, 6.45) is 1.45. The molecule has 0 saturated carbocycles. The zero-order valence-corrected chi connectivity index (χ0v) is 15.0. The summed E-state index contributed by atoms with van der Waals surface area (Å²) in [5.74, 6) is -1.47. The van der Waals surface area contributed by atoms with Crippen molar-refractivity contribution >= 4 is 27.4 Å². The van der Waals surface area contributed by atoms with Gasteiger partial charge in [-0.3, -0.25) is 4.79 Å². The molecule has 8 heteroatoms. The Labute approximate surface area is 156 Å². The van der Waals surface area contributed by atoms with Crippen molar-refractivity contribution in [3.05, 3.63) is 71.6 Å². The maximum Gasteiger partial charge on any atom is 0.338 e. The van der Waals surface area contributed by atoms with Gasteiger partial charge in [-0.25, -0.2) is 13.2 Å². The summed E-state index contributed by atoms with van der Waals surface area (Å²) in [5, 5.41) is 10.3. The van der Waals surface area contributed by atoms with Gasteiger partial charge in [0, 0.05) is 11.1 Å². The van der Waals surface area contributed by atoms with Crippen molar-refractivity contribution in [1.29, 1.82) is 0 Å². The van der Waals surface area contributed by atoms with Crippen molar-refractivity contribution < 1.29 is 27.9 Å². The molecule has 1 aliphatic heterocycles. The molecule has 0 fully saturated rings. The van der Waals surface area contributed by atoms with E-state index in [-0.39, 0.29) is 17.1 Å². The van der Waals surface area contributed by atoms with Crippen molar-refractivity contribution in [2.24, 2.45) is 0 Å². The third-order valence-electron chi connectivity index (χ3n) is 3.98. The van der Waals surface area contributed by atoms with Crippen LogP contribution >= 0.6 is 0 Å². The zero-order valence-electron chi connectivity index (χ0n) is 14.2. The second kappa shape index (κ2) is 7.63. The molecular weight excluding hydrogens is 370 g/mol. The molecule has 2 aromatic rings. The number of carbonyl (C=O) groups excluding carboxylic acids is 2. The highest BCUT2D eigenvalue weighted by Crippen LogP contribution is 2.23. The van der Waals surface area contributed by atoms with Crippen LogP contribution in [0.2, 0.25) is 0 Å². The molecule has 1 atom stereocenters. The molecule has 0 aromatic heterocycles. The Kier molecular flexibility index (Phi) is 5.27. The number of para-hydroxylation sites is 1. The molecule has 1 aliphatic rings. The van der Waals surface area contributed by atoms with Crippen molar-refractivity contribution in [3.63, 3.8) is 0 Å². The van der Waals surface area contributed by atoms with Gasteiger partial charge in [-0.2, -0.15) is 0 Å². The predicted octanol–water partition coefficient (Wildman–Crippen LogP) is 1.89. The molecule has 0 saturated heterocycles. The number of phenolic OH excluding ortho intramolecular Hbond substituents is 1. The monoisotopic (exact) mass is 387 g/mol. The Morgan fingerprint density at radius 3 is 2.33 bits per heavy atom. The van der Waals surface area contributed by atoms with E-state index in [0.29, 0.717) is 5.69 Å².